The molecule has 0 saturated carbocycles. The lowest BCUT2D eigenvalue weighted by Gasteiger charge is -2.32. The lowest BCUT2D eigenvalue weighted by molar-refractivity contribution is -0.0392. The molecule has 27 heavy (non-hydrogen) atoms. The van der Waals surface area contributed by atoms with Gasteiger partial charge in [-0.3, -0.25) is 9.89 Å². The average molecular weight is 370 g/mol. The molecule has 2 fully saturated rings. The summed E-state index contributed by atoms with van der Waals surface area (Å²) in [6, 6.07) is 7.78. The van der Waals surface area contributed by atoms with Gasteiger partial charge in [0.25, 0.3) is 5.91 Å². The average Bonchev–Trinajstić information content (AvgIpc) is 3.28. The molecule has 3 heterocycles. The van der Waals surface area contributed by atoms with Crippen molar-refractivity contribution in [3.05, 3.63) is 47.5 Å². The fourth-order valence-electron chi connectivity index (χ4n) is 3.87. The van der Waals surface area contributed by atoms with E-state index in [1.54, 1.807) is 0 Å². The molecule has 1 N–H and O–H groups in total. The summed E-state index contributed by atoms with van der Waals surface area (Å²) in [6.45, 7) is 3.41. The fourth-order valence-corrected chi connectivity index (χ4v) is 3.87. The van der Waals surface area contributed by atoms with E-state index < -0.39 is 0 Å². The Morgan fingerprint density at radius 3 is 2.93 bits per heavy atom. The van der Waals surface area contributed by atoms with Gasteiger partial charge in [-0.05, 0) is 37.3 Å². The molecule has 1 unspecified atom stereocenters. The molecule has 144 valence electrons. The number of nitrogens with one attached hydrogen (secondary N) is 1. The van der Waals surface area contributed by atoms with Crippen molar-refractivity contribution >= 4 is 5.91 Å². The van der Waals surface area contributed by atoms with E-state index >= 15 is 0 Å². The minimum absolute atomic E-state index is 0.0744. The molecule has 2 aliphatic heterocycles. The fraction of sp³-hybridized carbons (Fsp3) is 0.550. The summed E-state index contributed by atoms with van der Waals surface area (Å²) in [4.78, 5) is 19.4. The van der Waals surface area contributed by atoms with E-state index in [0.29, 0.717) is 13.2 Å². The summed E-state index contributed by atoms with van der Waals surface area (Å²) in [5, 5.41) is 6.89. The summed E-state index contributed by atoms with van der Waals surface area (Å²) in [5.41, 5.74) is 1.69. The van der Waals surface area contributed by atoms with Gasteiger partial charge >= 0.3 is 0 Å². The number of hydrogen-bond acceptors (Lipinski definition) is 5. The van der Waals surface area contributed by atoms with Crippen molar-refractivity contribution in [1.82, 2.24) is 20.1 Å². The molecule has 0 radical (unpaired) electrons. The van der Waals surface area contributed by atoms with Crippen LogP contribution < -0.4 is 0 Å². The molecule has 2 saturated heterocycles. The molecule has 0 spiro atoms. The molecule has 0 aliphatic carbocycles. The van der Waals surface area contributed by atoms with Crippen LogP contribution in [-0.2, 0) is 16.1 Å². The molecule has 7 nitrogen and oxygen atoms in total. The van der Waals surface area contributed by atoms with Crippen LogP contribution in [0.15, 0.2) is 30.6 Å². The number of nitrogens with zero attached hydrogens (tertiary/aromatic N) is 3. The summed E-state index contributed by atoms with van der Waals surface area (Å²) in [7, 11) is 0. The third-order valence-corrected chi connectivity index (χ3v) is 5.42. The van der Waals surface area contributed by atoms with Gasteiger partial charge in [-0.1, -0.05) is 18.2 Å². The standard InChI is InChI=1S/C20H26N4O3/c25-20(24-9-3-5-15(12-24)19-21-14-22-23-19)18-6-2-1-4-16(18)13-27-17-7-10-26-11-8-17/h1-2,4,6,14-15,17H,3,5,7-13H2,(H,21,22,23). The number of piperidine rings is 1. The van der Waals surface area contributed by atoms with E-state index in [1.165, 1.54) is 6.33 Å². The zero-order valence-corrected chi connectivity index (χ0v) is 15.5. The Hall–Kier alpha value is -2.25. The van der Waals surface area contributed by atoms with Crippen LogP contribution in [0.1, 0.15) is 53.3 Å². The first-order chi connectivity index (χ1) is 13.3. The first-order valence-electron chi connectivity index (χ1n) is 9.73. The number of amides is 1. The minimum atomic E-state index is 0.0744. The predicted molar refractivity (Wildman–Crippen MR) is 99.3 cm³/mol. The minimum Gasteiger partial charge on any atom is -0.381 e. The first-order valence-corrected chi connectivity index (χ1v) is 9.73. The highest BCUT2D eigenvalue weighted by Crippen LogP contribution is 2.26. The normalized spacial score (nSPS) is 21.3. The van der Waals surface area contributed by atoms with Gasteiger partial charge in [0, 0.05) is 37.8 Å². The topological polar surface area (TPSA) is 80.3 Å². The van der Waals surface area contributed by atoms with Crippen LogP contribution in [0, 0.1) is 0 Å². The number of hydrogen-bond donors (Lipinski definition) is 1. The van der Waals surface area contributed by atoms with E-state index in [2.05, 4.69) is 15.2 Å². The molecular formula is C20H26N4O3. The van der Waals surface area contributed by atoms with Crippen molar-refractivity contribution < 1.29 is 14.3 Å². The van der Waals surface area contributed by atoms with Crippen LogP contribution in [-0.4, -0.2) is 58.4 Å². The highest BCUT2D eigenvalue weighted by Gasteiger charge is 2.28. The van der Waals surface area contributed by atoms with Crippen molar-refractivity contribution in [2.75, 3.05) is 26.3 Å². The first kappa shape index (κ1) is 18.1. The second-order valence-corrected chi connectivity index (χ2v) is 7.24. The summed E-state index contributed by atoms with van der Waals surface area (Å²) in [6.07, 6.45) is 5.57. The molecule has 0 bridgehead atoms. The number of benzene rings is 1. The van der Waals surface area contributed by atoms with Crippen LogP contribution in [0.2, 0.25) is 0 Å². The Kier molecular flexibility index (Phi) is 5.79. The third-order valence-electron chi connectivity index (χ3n) is 5.42. The van der Waals surface area contributed by atoms with Crippen LogP contribution >= 0.6 is 0 Å². The highest BCUT2D eigenvalue weighted by atomic mass is 16.5. The molecule has 7 heteroatoms. The zero-order chi connectivity index (χ0) is 18.5. The number of likely N-dealkylation sites (tertiary alicyclic amines) is 1. The lowest BCUT2D eigenvalue weighted by Crippen LogP contribution is -2.39. The highest BCUT2D eigenvalue weighted by molar-refractivity contribution is 5.95. The Morgan fingerprint density at radius 1 is 1.26 bits per heavy atom. The Morgan fingerprint density at radius 2 is 2.11 bits per heavy atom. The molecular weight excluding hydrogens is 344 g/mol. The number of ether oxygens (including phenoxy) is 2. The van der Waals surface area contributed by atoms with Crippen LogP contribution in [0.25, 0.3) is 0 Å². The Bertz CT molecular complexity index is 743. The maximum absolute atomic E-state index is 13.2. The Balaban J connectivity index is 1.43. The van der Waals surface area contributed by atoms with Gasteiger partial charge in [0.1, 0.15) is 12.2 Å². The Labute approximate surface area is 159 Å². The van der Waals surface area contributed by atoms with Crippen molar-refractivity contribution in [2.24, 2.45) is 0 Å². The largest absolute Gasteiger partial charge is 0.381 e. The van der Waals surface area contributed by atoms with Crippen molar-refractivity contribution in [1.29, 1.82) is 0 Å². The number of carbonyl (C=O) groups excluding carboxylic acids is 1. The molecule has 1 amide bonds. The van der Waals surface area contributed by atoms with E-state index in [-0.39, 0.29) is 17.9 Å². The quantitative estimate of drug-likeness (QED) is 0.875. The van der Waals surface area contributed by atoms with Gasteiger partial charge in [-0.15, -0.1) is 0 Å². The molecule has 2 aliphatic rings. The van der Waals surface area contributed by atoms with Crippen molar-refractivity contribution in [2.45, 2.75) is 44.3 Å². The molecule has 1 aromatic heterocycles. The molecule has 1 atom stereocenters. The smallest absolute Gasteiger partial charge is 0.254 e. The maximum atomic E-state index is 13.2. The van der Waals surface area contributed by atoms with Crippen molar-refractivity contribution in [3.63, 3.8) is 0 Å². The van der Waals surface area contributed by atoms with Gasteiger partial charge in [-0.2, -0.15) is 5.10 Å². The van der Waals surface area contributed by atoms with Gasteiger partial charge in [0.05, 0.1) is 12.7 Å². The van der Waals surface area contributed by atoms with Gasteiger partial charge in [0.2, 0.25) is 0 Å². The number of carbonyl (C=O) groups is 1. The zero-order valence-electron chi connectivity index (χ0n) is 15.5. The van der Waals surface area contributed by atoms with E-state index in [0.717, 1.165) is 62.4 Å². The van der Waals surface area contributed by atoms with Crippen LogP contribution in [0.5, 0.6) is 0 Å². The number of aromatic amines is 1. The SMILES string of the molecule is O=C(c1ccccc1COC1CCOCC1)N1CCCC(c2ncn[nH]2)C1. The third kappa shape index (κ3) is 4.36. The van der Waals surface area contributed by atoms with Crippen LogP contribution in [0.3, 0.4) is 0 Å². The summed E-state index contributed by atoms with van der Waals surface area (Å²) in [5.74, 6) is 1.16. The number of aromatic nitrogens is 3. The van der Waals surface area contributed by atoms with E-state index in [4.69, 9.17) is 9.47 Å². The van der Waals surface area contributed by atoms with E-state index in [1.807, 2.05) is 29.2 Å². The predicted octanol–water partition coefficient (Wildman–Crippen LogP) is 2.52. The summed E-state index contributed by atoms with van der Waals surface area (Å²) >= 11 is 0. The van der Waals surface area contributed by atoms with Crippen LogP contribution in [0.4, 0.5) is 0 Å². The summed E-state index contributed by atoms with van der Waals surface area (Å²) < 4.78 is 11.4. The van der Waals surface area contributed by atoms with Gasteiger partial charge in [-0.25, -0.2) is 4.98 Å². The second-order valence-electron chi connectivity index (χ2n) is 7.24. The van der Waals surface area contributed by atoms with Gasteiger partial charge in [0.15, 0.2) is 0 Å². The maximum Gasteiger partial charge on any atom is 0.254 e. The van der Waals surface area contributed by atoms with Crippen molar-refractivity contribution in [3.8, 4) is 0 Å². The monoisotopic (exact) mass is 370 g/mol. The molecule has 1 aromatic carbocycles. The molecule has 2 aromatic rings. The second kappa shape index (κ2) is 8.63. The lowest BCUT2D eigenvalue weighted by atomic mass is 9.96. The van der Waals surface area contributed by atoms with E-state index in [9.17, 15) is 4.79 Å². The molecule has 4 rings (SSSR count). The number of rotatable bonds is 5. The number of H-pyrrole nitrogens is 1. The van der Waals surface area contributed by atoms with Gasteiger partial charge < -0.3 is 14.4 Å².